The van der Waals surface area contributed by atoms with Gasteiger partial charge in [-0.25, -0.2) is 0 Å². The first kappa shape index (κ1) is 29.0. The van der Waals surface area contributed by atoms with Gasteiger partial charge < -0.3 is 10.2 Å². The van der Waals surface area contributed by atoms with Crippen LogP contribution in [0.2, 0.25) is 0 Å². The predicted molar refractivity (Wildman–Crippen MR) is 174 cm³/mol. The van der Waals surface area contributed by atoms with Crippen LogP contribution in [-0.4, -0.2) is 10.2 Å². The van der Waals surface area contributed by atoms with Crippen molar-refractivity contribution >= 4 is 31.9 Å². The van der Waals surface area contributed by atoms with Gasteiger partial charge in [0.25, 0.3) is 0 Å². The highest BCUT2D eigenvalue weighted by molar-refractivity contribution is 9.11. The van der Waals surface area contributed by atoms with Crippen molar-refractivity contribution < 1.29 is 10.2 Å². The van der Waals surface area contributed by atoms with Gasteiger partial charge in [-0.2, -0.15) is 0 Å². The van der Waals surface area contributed by atoms with E-state index in [9.17, 15) is 10.2 Å². The molecule has 1 aliphatic carbocycles. The average Bonchev–Trinajstić information content (AvgIpc) is 3.00. The second-order valence-corrected chi connectivity index (χ2v) is 13.3. The Morgan fingerprint density at radius 2 is 1.12 bits per heavy atom. The van der Waals surface area contributed by atoms with E-state index in [-0.39, 0.29) is 22.3 Å². The second kappa shape index (κ2) is 11.7. The molecule has 1 saturated carbocycles. The topological polar surface area (TPSA) is 40.5 Å². The van der Waals surface area contributed by atoms with Crippen LogP contribution < -0.4 is 0 Å². The Bertz CT molecular complexity index is 1380. The van der Waals surface area contributed by atoms with Crippen LogP contribution in [0, 0.1) is 11.3 Å². The van der Waals surface area contributed by atoms with E-state index >= 15 is 0 Å². The predicted octanol–water partition coefficient (Wildman–Crippen LogP) is 11.3. The highest BCUT2D eigenvalue weighted by atomic mass is 79.9. The lowest BCUT2D eigenvalue weighted by molar-refractivity contribution is 0.0734. The molecule has 0 bridgehead atoms. The zero-order valence-electron chi connectivity index (χ0n) is 23.6. The van der Waals surface area contributed by atoms with Gasteiger partial charge in [-0.3, -0.25) is 0 Å². The Hall–Kier alpha value is -2.56. The van der Waals surface area contributed by atoms with Gasteiger partial charge in [-0.05, 0) is 109 Å². The highest BCUT2D eigenvalue weighted by Gasteiger charge is 2.49. The Labute approximate surface area is 255 Å². The van der Waals surface area contributed by atoms with Crippen molar-refractivity contribution in [1.82, 2.24) is 0 Å². The van der Waals surface area contributed by atoms with Gasteiger partial charge in [0.05, 0.1) is 8.95 Å². The molecule has 0 spiro atoms. The molecule has 1 atom stereocenters. The fourth-order valence-corrected chi connectivity index (χ4v) is 7.99. The molecule has 208 valence electrons. The van der Waals surface area contributed by atoms with Crippen LogP contribution in [0.15, 0.2) is 93.9 Å². The third-order valence-corrected chi connectivity index (χ3v) is 10.7. The first-order valence-corrected chi connectivity index (χ1v) is 16.0. The maximum Gasteiger partial charge on any atom is 0.137 e. The van der Waals surface area contributed by atoms with E-state index in [0.29, 0.717) is 14.9 Å². The molecule has 0 amide bonds. The number of phenolic OH excluding ortho intramolecular Hbond substituents is 2. The minimum atomic E-state index is -0.301. The van der Waals surface area contributed by atoms with Crippen molar-refractivity contribution in [2.75, 3.05) is 0 Å². The molecule has 0 heterocycles. The summed E-state index contributed by atoms with van der Waals surface area (Å²) < 4.78 is 1.42. The molecule has 0 aliphatic heterocycles. The van der Waals surface area contributed by atoms with Gasteiger partial charge in [0.1, 0.15) is 11.5 Å². The van der Waals surface area contributed by atoms with Crippen molar-refractivity contribution in [2.24, 2.45) is 11.3 Å². The lowest BCUT2D eigenvalue weighted by Gasteiger charge is -2.52. The molecule has 4 aromatic carbocycles. The molecule has 1 unspecified atom stereocenters. The van der Waals surface area contributed by atoms with Gasteiger partial charge >= 0.3 is 0 Å². The van der Waals surface area contributed by atoms with E-state index in [4.69, 9.17) is 0 Å². The Kier molecular flexibility index (Phi) is 8.50. The van der Waals surface area contributed by atoms with Crippen LogP contribution in [-0.2, 0) is 5.41 Å². The zero-order valence-corrected chi connectivity index (χ0v) is 26.7. The molecule has 0 saturated heterocycles. The molecule has 0 radical (unpaired) electrons. The molecule has 5 rings (SSSR count). The lowest BCUT2D eigenvalue weighted by atomic mass is 9.52. The maximum absolute atomic E-state index is 11.2. The van der Waals surface area contributed by atoms with Gasteiger partial charge in [0, 0.05) is 16.5 Å². The summed E-state index contributed by atoms with van der Waals surface area (Å²) in [6.45, 7) is 7.01. The summed E-state index contributed by atoms with van der Waals surface area (Å²) >= 11 is 7.46. The SMILES string of the molecule is CCC1CC(CC)(CC)CC(c2cc(Br)c(O)c(-c3ccccc3)c2)(c2cc(Br)c(O)c(-c3ccccc3)c2)C1. The maximum atomic E-state index is 11.2. The van der Waals surface area contributed by atoms with Gasteiger partial charge in [0.15, 0.2) is 0 Å². The first-order chi connectivity index (χ1) is 19.3. The van der Waals surface area contributed by atoms with Crippen LogP contribution in [0.4, 0.5) is 0 Å². The Balaban J connectivity index is 1.83. The minimum Gasteiger partial charge on any atom is -0.506 e. The van der Waals surface area contributed by atoms with E-state index < -0.39 is 0 Å². The fourth-order valence-electron chi connectivity index (χ4n) is 7.07. The summed E-state index contributed by atoms with van der Waals surface area (Å²) in [6, 6.07) is 29.0. The molecule has 1 fully saturated rings. The number of phenols is 2. The van der Waals surface area contributed by atoms with Crippen molar-refractivity contribution in [3.63, 3.8) is 0 Å². The summed E-state index contributed by atoms with van der Waals surface area (Å²) in [5, 5.41) is 22.4. The van der Waals surface area contributed by atoms with Gasteiger partial charge in [0.2, 0.25) is 0 Å². The Morgan fingerprint density at radius 3 is 1.52 bits per heavy atom. The molecule has 4 aromatic rings. The largest absolute Gasteiger partial charge is 0.506 e. The number of hydrogen-bond acceptors (Lipinski definition) is 2. The van der Waals surface area contributed by atoms with E-state index in [0.717, 1.165) is 54.4 Å². The van der Waals surface area contributed by atoms with Crippen molar-refractivity contribution in [1.29, 1.82) is 0 Å². The fraction of sp³-hybridized carbons (Fsp3) is 0.333. The van der Waals surface area contributed by atoms with E-state index in [1.54, 1.807) is 0 Å². The van der Waals surface area contributed by atoms with Crippen LogP contribution in [0.1, 0.15) is 70.4 Å². The summed E-state index contributed by atoms with van der Waals surface area (Å²) in [4.78, 5) is 0. The molecular weight excluding hydrogens is 624 g/mol. The van der Waals surface area contributed by atoms with Gasteiger partial charge in [-0.1, -0.05) is 101 Å². The van der Waals surface area contributed by atoms with E-state index in [1.165, 1.54) is 17.5 Å². The minimum absolute atomic E-state index is 0.202. The summed E-state index contributed by atoms with van der Waals surface area (Å²) in [7, 11) is 0. The molecule has 2 nitrogen and oxygen atoms in total. The second-order valence-electron chi connectivity index (χ2n) is 11.6. The van der Waals surface area contributed by atoms with E-state index in [1.807, 2.05) is 36.4 Å². The first-order valence-electron chi connectivity index (χ1n) is 14.4. The van der Waals surface area contributed by atoms with Crippen LogP contribution in [0.5, 0.6) is 11.5 Å². The summed E-state index contributed by atoms with van der Waals surface area (Å²) in [6.07, 6.45) is 6.63. The smallest absolute Gasteiger partial charge is 0.137 e. The monoisotopic (exact) mass is 660 g/mol. The Morgan fingerprint density at radius 1 is 0.675 bits per heavy atom. The number of benzene rings is 4. The summed E-state index contributed by atoms with van der Waals surface area (Å²) in [5.41, 5.74) is 5.97. The average molecular weight is 663 g/mol. The van der Waals surface area contributed by atoms with Crippen molar-refractivity contribution in [3.05, 3.63) is 105 Å². The van der Waals surface area contributed by atoms with Crippen molar-refractivity contribution in [3.8, 4) is 33.8 Å². The zero-order chi connectivity index (χ0) is 28.5. The number of halogens is 2. The third-order valence-electron chi connectivity index (χ3n) is 9.51. The van der Waals surface area contributed by atoms with Crippen LogP contribution in [0.25, 0.3) is 22.3 Å². The van der Waals surface area contributed by atoms with Crippen LogP contribution in [0.3, 0.4) is 0 Å². The molecule has 40 heavy (non-hydrogen) atoms. The molecule has 1 aliphatic rings. The normalized spacial score (nSPS) is 18.0. The standard InChI is InChI=1S/C36H38Br2O2/c1-4-24-21-35(5-2,6-3)23-36(22-24,27-17-29(33(39)31(37)19-27)25-13-9-7-10-14-25)28-18-30(34(40)32(38)20-28)26-15-11-8-12-16-26/h7-20,24,39-40H,4-6,21-23H2,1-3H3. The number of rotatable bonds is 7. The van der Waals surface area contributed by atoms with Crippen LogP contribution >= 0.6 is 31.9 Å². The number of aromatic hydroxyl groups is 2. The molecule has 0 aromatic heterocycles. The summed E-state index contributed by atoms with van der Waals surface area (Å²) in [5.74, 6) is 1.10. The highest BCUT2D eigenvalue weighted by Crippen LogP contribution is 2.59. The van der Waals surface area contributed by atoms with E-state index in [2.05, 4.69) is 101 Å². The number of hydrogen-bond donors (Lipinski definition) is 2. The molecular formula is C36H38Br2O2. The van der Waals surface area contributed by atoms with Crippen molar-refractivity contribution in [2.45, 2.75) is 64.7 Å². The lowest BCUT2D eigenvalue weighted by Crippen LogP contribution is -2.43. The quantitative estimate of drug-likeness (QED) is 0.207. The third kappa shape index (κ3) is 5.25. The van der Waals surface area contributed by atoms with Gasteiger partial charge in [-0.15, -0.1) is 0 Å². The molecule has 4 heteroatoms. The molecule has 2 N–H and O–H groups in total.